The van der Waals surface area contributed by atoms with Gasteiger partial charge in [-0.2, -0.15) is 5.10 Å². The van der Waals surface area contributed by atoms with Crippen LogP contribution in [0.2, 0.25) is 0 Å². The number of hydrogen-bond donors (Lipinski definition) is 1. The average Bonchev–Trinajstić information content (AvgIpc) is 3.90. The van der Waals surface area contributed by atoms with E-state index in [1.165, 1.54) is 0 Å². The van der Waals surface area contributed by atoms with E-state index in [4.69, 9.17) is 15.0 Å². The normalized spacial score (nSPS) is 11.4. The molecular formula is C52H35N6+. The largest absolute Gasteiger partial charge is 0.356 e. The maximum Gasteiger partial charge on any atom is 0.356 e. The molecule has 1 N–H and O–H groups in total. The lowest BCUT2D eigenvalue weighted by molar-refractivity contribution is -0.575. The van der Waals surface area contributed by atoms with Crippen molar-refractivity contribution in [3.63, 3.8) is 0 Å². The third-order valence-electron chi connectivity index (χ3n) is 10.9. The number of nitrogens with zero attached hydrogens (tertiary/aromatic N) is 5. The molecule has 11 aromatic rings. The van der Waals surface area contributed by atoms with Crippen molar-refractivity contribution >= 4 is 22.1 Å². The standard InChI is InChI=1S/C52H34N6/c1-5-15-35(16-6-1)43-33-46(38-17-7-2-8-18-38)51-55-49(56-57(51)34-43)41-29-25-36(26-30-41)37-27-31-42(32-28-37)50-53-48(40-21-11-4-12-22-40)54-52-45-24-14-13-23-44(45)47(58(50)52)39-19-9-3-10-20-39/h1-34H/p+1. The summed E-state index contributed by atoms with van der Waals surface area (Å²) < 4.78 is 4.27. The quantitative estimate of drug-likeness (QED) is 0.165. The molecule has 0 aliphatic carbocycles. The number of benzene rings is 7. The van der Waals surface area contributed by atoms with Gasteiger partial charge in [-0.25, -0.2) is 9.97 Å². The van der Waals surface area contributed by atoms with Gasteiger partial charge in [-0.05, 0) is 51.0 Å². The molecule has 11 rings (SSSR count). The molecule has 272 valence electrons. The van der Waals surface area contributed by atoms with Crippen molar-refractivity contribution in [3.8, 4) is 78.8 Å². The maximum absolute atomic E-state index is 5.28. The highest BCUT2D eigenvalue weighted by atomic mass is 15.3. The van der Waals surface area contributed by atoms with E-state index in [0.717, 1.165) is 95.0 Å². The van der Waals surface area contributed by atoms with Crippen LogP contribution in [0.25, 0.3) is 101 Å². The molecule has 0 fully saturated rings. The summed E-state index contributed by atoms with van der Waals surface area (Å²) >= 11 is 0. The van der Waals surface area contributed by atoms with Crippen molar-refractivity contribution in [2.75, 3.05) is 0 Å². The van der Waals surface area contributed by atoms with Crippen molar-refractivity contribution in [1.29, 1.82) is 0 Å². The van der Waals surface area contributed by atoms with E-state index in [1.54, 1.807) is 0 Å². The van der Waals surface area contributed by atoms with Gasteiger partial charge in [0.25, 0.3) is 5.82 Å². The van der Waals surface area contributed by atoms with E-state index in [1.807, 2.05) is 34.8 Å². The van der Waals surface area contributed by atoms with E-state index < -0.39 is 0 Å². The summed E-state index contributed by atoms with van der Waals surface area (Å²) in [6, 6.07) is 69.7. The van der Waals surface area contributed by atoms with Crippen LogP contribution in [0, 0.1) is 0 Å². The third kappa shape index (κ3) is 5.83. The number of nitrogens with one attached hydrogen (secondary N) is 1. The van der Waals surface area contributed by atoms with Crippen molar-refractivity contribution in [2.24, 2.45) is 0 Å². The Labute approximate surface area is 335 Å². The van der Waals surface area contributed by atoms with Crippen LogP contribution in [0.5, 0.6) is 0 Å². The second-order valence-corrected chi connectivity index (χ2v) is 14.5. The Bertz CT molecular complexity index is 3230. The highest BCUT2D eigenvalue weighted by molar-refractivity contribution is 6.06. The Morgan fingerprint density at radius 1 is 0.397 bits per heavy atom. The number of pyridine rings is 1. The van der Waals surface area contributed by atoms with Gasteiger partial charge in [0, 0.05) is 33.0 Å². The number of fused-ring (bicyclic) bond motifs is 4. The highest BCUT2D eigenvalue weighted by Crippen LogP contribution is 2.38. The molecular weight excluding hydrogens is 709 g/mol. The number of aromatic nitrogens is 6. The highest BCUT2D eigenvalue weighted by Gasteiger charge is 2.23. The van der Waals surface area contributed by atoms with E-state index >= 15 is 0 Å². The van der Waals surface area contributed by atoms with Crippen LogP contribution in [-0.2, 0) is 0 Å². The molecule has 0 radical (unpaired) electrons. The first kappa shape index (κ1) is 33.4. The van der Waals surface area contributed by atoms with Crippen molar-refractivity contribution in [3.05, 3.63) is 206 Å². The van der Waals surface area contributed by atoms with Crippen LogP contribution in [0.1, 0.15) is 0 Å². The van der Waals surface area contributed by atoms with Crippen molar-refractivity contribution in [2.45, 2.75) is 0 Å². The van der Waals surface area contributed by atoms with Gasteiger partial charge in [-0.15, -0.1) is 4.52 Å². The molecule has 0 spiro atoms. The fourth-order valence-corrected chi connectivity index (χ4v) is 8.03. The summed E-state index contributed by atoms with van der Waals surface area (Å²) in [6.45, 7) is 0. The summed E-state index contributed by atoms with van der Waals surface area (Å²) in [5.41, 5.74) is 13.6. The molecule has 0 aliphatic rings. The molecule has 0 saturated heterocycles. The molecule has 6 nitrogen and oxygen atoms in total. The SMILES string of the molecule is c1ccc(-c2cc(-c3ccccc3)c3nc(-c4ccc(-c5ccc(-c6nc(-c7ccccc7)nc7c8ccccc8c(-c8ccccc8)n67)cc5)cc4)[nH][n+]3c2)cc1. The fraction of sp³-hybridized carbons (Fsp3) is 0. The molecule has 6 heteroatoms. The molecule has 0 atom stereocenters. The van der Waals surface area contributed by atoms with Crippen LogP contribution in [0.15, 0.2) is 206 Å². The summed E-state index contributed by atoms with van der Waals surface area (Å²) in [5.74, 6) is 2.34. The van der Waals surface area contributed by atoms with Gasteiger partial charge < -0.3 is 0 Å². The lowest BCUT2D eigenvalue weighted by atomic mass is 10.0. The summed E-state index contributed by atoms with van der Waals surface area (Å²) in [5, 5.41) is 5.80. The Morgan fingerprint density at radius 3 is 1.53 bits per heavy atom. The minimum Gasteiger partial charge on any atom is -0.277 e. The van der Waals surface area contributed by atoms with Gasteiger partial charge in [0.1, 0.15) is 17.7 Å². The maximum atomic E-state index is 5.28. The number of aromatic amines is 1. The molecule has 0 aliphatic heterocycles. The fourth-order valence-electron chi connectivity index (χ4n) is 8.03. The first-order valence-corrected chi connectivity index (χ1v) is 19.4. The van der Waals surface area contributed by atoms with Gasteiger partial charge in [-0.3, -0.25) is 4.40 Å². The van der Waals surface area contributed by atoms with Crippen LogP contribution in [0.3, 0.4) is 0 Å². The minimum atomic E-state index is 0.696. The zero-order chi connectivity index (χ0) is 38.4. The van der Waals surface area contributed by atoms with E-state index in [0.29, 0.717) is 5.82 Å². The van der Waals surface area contributed by atoms with E-state index in [-0.39, 0.29) is 0 Å². The number of rotatable bonds is 7. The van der Waals surface area contributed by atoms with Crippen LogP contribution < -0.4 is 4.52 Å². The summed E-state index contributed by atoms with van der Waals surface area (Å²) in [4.78, 5) is 15.6. The van der Waals surface area contributed by atoms with Gasteiger partial charge in [0.05, 0.1) is 11.3 Å². The molecule has 4 heterocycles. The van der Waals surface area contributed by atoms with Crippen LogP contribution in [-0.4, -0.2) is 24.5 Å². The molecule has 58 heavy (non-hydrogen) atoms. The molecule has 0 unspecified atom stereocenters. The Morgan fingerprint density at radius 2 is 0.897 bits per heavy atom. The predicted molar refractivity (Wildman–Crippen MR) is 234 cm³/mol. The van der Waals surface area contributed by atoms with Crippen molar-refractivity contribution < 1.29 is 4.52 Å². The third-order valence-corrected chi connectivity index (χ3v) is 10.9. The smallest absolute Gasteiger partial charge is 0.277 e. The molecule has 0 amide bonds. The van der Waals surface area contributed by atoms with Crippen LogP contribution in [0.4, 0.5) is 0 Å². The molecule has 0 bridgehead atoms. The minimum absolute atomic E-state index is 0.696. The summed E-state index contributed by atoms with van der Waals surface area (Å²) in [7, 11) is 0. The monoisotopic (exact) mass is 743 g/mol. The zero-order valence-electron chi connectivity index (χ0n) is 31.4. The first-order valence-electron chi connectivity index (χ1n) is 19.4. The lowest BCUT2D eigenvalue weighted by Gasteiger charge is -2.13. The predicted octanol–water partition coefficient (Wildman–Crippen LogP) is 12.0. The van der Waals surface area contributed by atoms with Gasteiger partial charge in [0.2, 0.25) is 0 Å². The second kappa shape index (κ2) is 14.0. The molecule has 4 aromatic heterocycles. The zero-order valence-corrected chi connectivity index (χ0v) is 31.4. The van der Waals surface area contributed by atoms with Gasteiger partial charge in [-0.1, -0.05) is 182 Å². The van der Waals surface area contributed by atoms with E-state index in [2.05, 4.69) is 186 Å². The summed E-state index contributed by atoms with van der Waals surface area (Å²) in [6.07, 6.45) is 2.12. The molecule has 7 aromatic carbocycles. The number of H-pyrrole nitrogens is 1. The van der Waals surface area contributed by atoms with E-state index in [9.17, 15) is 0 Å². The average molecular weight is 744 g/mol. The van der Waals surface area contributed by atoms with Gasteiger partial charge in [0.15, 0.2) is 5.82 Å². The Balaban J connectivity index is 0.982. The second-order valence-electron chi connectivity index (χ2n) is 14.5. The van der Waals surface area contributed by atoms with Crippen LogP contribution >= 0.6 is 0 Å². The topological polar surface area (TPSA) is 63.0 Å². The number of hydrogen-bond acceptors (Lipinski definition) is 3. The Hall–Kier alpha value is -7.96. The Kier molecular flexibility index (Phi) is 8.04. The van der Waals surface area contributed by atoms with Crippen molar-refractivity contribution in [1.82, 2.24) is 24.5 Å². The first-order chi connectivity index (χ1) is 28.7. The lowest BCUT2D eigenvalue weighted by Crippen LogP contribution is -2.23. The molecule has 0 saturated carbocycles. The van der Waals surface area contributed by atoms with Gasteiger partial charge >= 0.3 is 5.65 Å².